The predicted molar refractivity (Wildman–Crippen MR) is 98.8 cm³/mol. The maximum absolute atomic E-state index is 12.2. The highest BCUT2D eigenvalue weighted by molar-refractivity contribution is 6.39. The monoisotopic (exact) mass is 380 g/mol. The smallest absolute Gasteiger partial charge is 0.318 e. The minimum Gasteiger partial charge on any atom is -0.334 e. The van der Waals surface area contributed by atoms with Crippen LogP contribution in [0.25, 0.3) is 0 Å². The van der Waals surface area contributed by atoms with E-state index in [1.165, 1.54) is 4.90 Å². The first kappa shape index (κ1) is 19.0. The van der Waals surface area contributed by atoms with Crippen molar-refractivity contribution >= 4 is 40.8 Å². The van der Waals surface area contributed by atoms with E-state index in [1.807, 2.05) is 6.07 Å². The fourth-order valence-corrected chi connectivity index (χ4v) is 2.58. The lowest BCUT2D eigenvalue weighted by Crippen LogP contribution is -2.43. The Balaban J connectivity index is 1.91. The standard InChI is InChI=1S/C17H18Cl2N4O2/c1-2-23(17(25)21-10-12-5-4-8-20-9-12)11-15(24)22-16-13(18)6-3-7-14(16)19/h3-9H,2,10-11H2,1H3,(H,21,25)(H,22,24). The first-order valence-electron chi connectivity index (χ1n) is 7.66. The van der Waals surface area contributed by atoms with Gasteiger partial charge >= 0.3 is 6.03 Å². The molecule has 1 aromatic heterocycles. The summed E-state index contributed by atoms with van der Waals surface area (Å²) in [4.78, 5) is 29.8. The van der Waals surface area contributed by atoms with Gasteiger partial charge in [-0.3, -0.25) is 9.78 Å². The fraction of sp³-hybridized carbons (Fsp3) is 0.235. The molecule has 0 aliphatic heterocycles. The van der Waals surface area contributed by atoms with E-state index < -0.39 is 0 Å². The van der Waals surface area contributed by atoms with E-state index in [2.05, 4.69) is 15.6 Å². The minimum atomic E-state index is -0.381. The molecule has 2 rings (SSSR count). The van der Waals surface area contributed by atoms with E-state index in [4.69, 9.17) is 23.2 Å². The van der Waals surface area contributed by atoms with Gasteiger partial charge in [0.25, 0.3) is 0 Å². The third-order valence-corrected chi connectivity index (χ3v) is 4.03. The molecular weight excluding hydrogens is 363 g/mol. The third kappa shape index (κ3) is 5.62. The molecule has 0 aliphatic carbocycles. The summed E-state index contributed by atoms with van der Waals surface area (Å²) in [7, 11) is 0. The van der Waals surface area contributed by atoms with Crippen molar-refractivity contribution in [1.82, 2.24) is 15.2 Å². The van der Waals surface area contributed by atoms with Gasteiger partial charge in [-0.25, -0.2) is 4.79 Å². The van der Waals surface area contributed by atoms with Crippen LogP contribution < -0.4 is 10.6 Å². The number of anilines is 1. The molecule has 3 amide bonds. The molecule has 0 unspecified atom stereocenters. The van der Waals surface area contributed by atoms with Crippen molar-refractivity contribution in [3.8, 4) is 0 Å². The number of carbonyl (C=O) groups is 2. The second kappa shape index (κ2) is 9.25. The second-order valence-electron chi connectivity index (χ2n) is 5.18. The van der Waals surface area contributed by atoms with E-state index in [0.29, 0.717) is 28.8 Å². The number of rotatable bonds is 6. The number of nitrogens with one attached hydrogen (secondary N) is 2. The van der Waals surface area contributed by atoms with Gasteiger partial charge in [-0.2, -0.15) is 0 Å². The normalized spacial score (nSPS) is 10.2. The Kier molecular flexibility index (Phi) is 7.03. The molecule has 0 saturated carbocycles. The Labute approximate surface area is 156 Å². The lowest BCUT2D eigenvalue weighted by molar-refractivity contribution is -0.116. The number of para-hydroxylation sites is 1. The van der Waals surface area contributed by atoms with Gasteiger partial charge in [-0.1, -0.05) is 35.3 Å². The van der Waals surface area contributed by atoms with Crippen LogP contribution in [0.3, 0.4) is 0 Å². The summed E-state index contributed by atoms with van der Waals surface area (Å²) in [5.74, 6) is -0.381. The van der Waals surface area contributed by atoms with Crippen molar-refractivity contribution in [3.63, 3.8) is 0 Å². The summed E-state index contributed by atoms with van der Waals surface area (Å²) in [5.41, 5.74) is 1.21. The van der Waals surface area contributed by atoms with Gasteiger partial charge < -0.3 is 15.5 Å². The van der Waals surface area contributed by atoms with Gasteiger partial charge in [0.2, 0.25) is 5.91 Å². The van der Waals surface area contributed by atoms with Crippen molar-refractivity contribution in [1.29, 1.82) is 0 Å². The van der Waals surface area contributed by atoms with Crippen molar-refractivity contribution in [2.75, 3.05) is 18.4 Å². The van der Waals surface area contributed by atoms with Crippen molar-refractivity contribution in [3.05, 3.63) is 58.3 Å². The van der Waals surface area contributed by atoms with Crippen LogP contribution in [-0.4, -0.2) is 34.9 Å². The molecule has 0 bridgehead atoms. The molecule has 1 aromatic carbocycles. The number of amides is 3. The molecule has 6 nitrogen and oxygen atoms in total. The van der Waals surface area contributed by atoms with Gasteiger partial charge in [0.1, 0.15) is 6.54 Å². The zero-order valence-corrected chi connectivity index (χ0v) is 15.1. The molecule has 0 aliphatic rings. The number of likely N-dealkylation sites (N-methyl/N-ethyl adjacent to an activating group) is 1. The molecular formula is C17H18Cl2N4O2. The summed E-state index contributed by atoms with van der Waals surface area (Å²) in [6.45, 7) is 2.39. The maximum Gasteiger partial charge on any atom is 0.318 e. The van der Waals surface area contributed by atoms with Crippen LogP contribution in [0.4, 0.5) is 10.5 Å². The molecule has 0 saturated heterocycles. The van der Waals surface area contributed by atoms with Gasteiger partial charge in [0.05, 0.1) is 15.7 Å². The summed E-state index contributed by atoms with van der Waals surface area (Å²) >= 11 is 12.1. The van der Waals surface area contributed by atoms with Crippen LogP contribution in [0, 0.1) is 0 Å². The summed E-state index contributed by atoms with van der Waals surface area (Å²) in [6.07, 6.45) is 3.33. The zero-order valence-electron chi connectivity index (χ0n) is 13.6. The third-order valence-electron chi connectivity index (χ3n) is 3.40. The molecule has 0 atom stereocenters. The molecule has 25 heavy (non-hydrogen) atoms. The van der Waals surface area contributed by atoms with Crippen molar-refractivity contribution in [2.24, 2.45) is 0 Å². The highest BCUT2D eigenvalue weighted by Crippen LogP contribution is 2.29. The summed E-state index contributed by atoms with van der Waals surface area (Å²) in [6, 6.07) is 8.24. The van der Waals surface area contributed by atoms with Crippen LogP contribution in [0.5, 0.6) is 0 Å². The maximum atomic E-state index is 12.2. The molecule has 1 heterocycles. The van der Waals surface area contributed by atoms with Gasteiger partial charge in [-0.05, 0) is 30.7 Å². The predicted octanol–water partition coefficient (Wildman–Crippen LogP) is 3.56. The molecule has 0 radical (unpaired) electrons. The summed E-state index contributed by atoms with van der Waals surface area (Å²) < 4.78 is 0. The lowest BCUT2D eigenvalue weighted by atomic mass is 10.3. The number of aromatic nitrogens is 1. The van der Waals surface area contributed by atoms with E-state index in [-0.39, 0.29) is 18.5 Å². The van der Waals surface area contributed by atoms with Crippen molar-refractivity contribution in [2.45, 2.75) is 13.5 Å². The molecule has 2 N–H and O–H groups in total. The average molecular weight is 381 g/mol. The highest BCUT2D eigenvalue weighted by atomic mass is 35.5. The van der Waals surface area contributed by atoms with Gasteiger partial charge in [0.15, 0.2) is 0 Å². The number of pyridine rings is 1. The number of nitrogens with zero attached hydrogens (tertiary/aromatic N) is 2. The van der Waals surface area contributed by atoms with Crippen LogP contribution in [-0.2, 0) is 11.3 Å². The van der Waals surface area contributed by atoms with Gasteiger partial charge in [-0.15, -0.1) is 0 Å². The van der Waals surface area contributed by atoms with Crippen LogP contribution in [0.15, 0.2) is 42.7 Å². The molecule has 0 fully saturated rings. The van der Waals surface area contributed by atoms with Crippen LogP contribution >= 0.6 is 23.2 Å². The number of urea groups is 1. The Morgan fingerprint density at radius 1 is 1.16 bits per heavy atom. The Bertz CT molecular complexity index is 720. The topological polar surface area (TPSA) is 74.3 Å². The number of hydrogen-bond donors (Lipinski definition) is 2. The van der Waals surface area contributed by atoms with Crippen molar-refractivity contribution < 1.29 is 9.59 Å². The number of hydrogen-bond acceptors (Lipinski definition) is 3. The van der Waals surface area contributed by atoms with Crippen LogP contribution in [0.1, 0.15) is 12.5 Å². The highest BCUT2D eigenvalue weighted by Gasteiger charge is 2.17. The Hall–Kier alpha value is -2.31. The van der Waals surface area contributed by atoms with E-state index in [0.717, 1.165) is 5.56 Å². The van der Waals surface area contributed by atoms with Gasteiger partial charge in [0, 0.05) is 25.5 Å². The number of benzene rings is 1. The SMILES string of the molecule is CCN(CC(=O)Nc1c(Cl)cccc1Cl)C(=O)NCc1cccnc1. The minimum absolute atomic E-state index is 0.114. The molecule has 8 heteroatoms. The van der Waals surface area contributed by atoms with E-state index in [9.17, 15) is 9.59 Å². The molecule has 2 aromatic rings. The van der Waals surface area contributed by atoms with Crippen LogP contribution in [0.2, 0.25) is 10.0 Å². The Morgan fingerprint density at radius 2 is 1.88 bits per heavy atom. The molecule has 132 valence electrons. The number of halogens is 2. The Morgan fingerprint density at radius 3 is 2.48 bits per heavy atom. The molecule has 0 spiro atoms. The first-order chi connectivity index (χ1) is 12.0. The quantitative estimate of drug-likeness (QED) is 0.804. The average Bonchev–Trinajstić information content (AvgIpc) is 2.61. The summed E-state index contributed by atoms with van der Waals surface area (Å²) in [5, 5.41) is 6.07. The number of carbonyl (C=O) groups excluding carboxylic acids is 2. The second-order valence-corrected chi connectivity index (χ2v) is 5.99. The van der Waals surface area contributed by atoms with E-state index >= 15 is 0 Å². The lowest BCUT2D eigenvalue weighted by Gasteiger charge is -2.21. The van der Waals surface area contributed by atoms with E-state index in [1.54, 1.807) is 43.6 Å². The first-order valence-corrected chi connectivity index (χ1v) is 8.42. The largest absolute Gasteiger partial charge is 0.334 e. The fourth-order valence-electron chi connectivity index (χ4n) is 2.09. The zero-order chi connectivity index (χ0) is 18.2.